The summed E-state index contributed by atoms with van der Waals surface area (Å²) in [5.74, 6) is 1.54. The molecule has 2 aromatic rings. The van der Waals surface area contributed by atoms with Crippen LogP contribution in [0.3, 0.4) is 0 Å². The van der Waals surface area contributed by atoms with Gasteiger partial charge in [0.25, 0.3) is 0 Å². The summed E-state index contributed by atoms with van der Waals surface area (Å²) in [6.07, 6.45) is 1.60. The van der Waals surface area contributed by atoms with Crippen LogP contribution in [0.1, 0.15) is 19.4 Å². The van der Waals surface area contributed by atoms with E-state index in [0.29, 0.717) is 0 Å². The number of isocyanates is 1. The molecule has 0 radical (unpaired) electrons. The number of nitrogens with zero attached hydrogens (tertiary/aromatic N) is 1. The standard InChI is InChI=1S/C16H15NO2/c1-16(2,17-12-18)13-8-10-15(11-9-13)19-14-6-4-3-5-7-14/h3-11H,1-2H3. The molecule has 0 fully saturated rings. The molecule has 19 heavy (non-hydrogen) atoms. The molecule has 0 bridgehead atoms. The smallest absolute Gasteiger partial charge is 0.235 e. The van der Waals surface area contributed by atoms with Gasteiger partial charge in [-0.3, -0.25) is 0 Å². The zero-order chi connectivity index (χ0) is 13.7. The maximum atomic E-state index is 10.4. The summed E-state index contributed by atoms with van der Waals surface area (Å²) in [4.78, 5) is 14.2. The molecule has 0 unspecified atom stereocenters. The van der Waals surface area contributed by atoms with Crippen molar-refractivity contribution in [3.63, 3.8) is 0 Å². The Morgan fingerprint density at radius 3 is 2.11 bits per heavy atom. The van der Waals surface area contributed by atoms with Crippen LogP contribution in [0.15, 0.2) is 59.6 Å². The first-order valence-electron chi connectivity index (χ1n) is 6.04. The molecule has 0 aromatic heterocycles. The molecule has 0 aliphatic carbocycles. The third kappa shape index (κ3) is 3.30. The van der Waals surface area contributed by atoms with Crippen LogP contribution in [0.5, 0.6) is 11.5 Å². The van der Waals surface area contributed by atoms with Crippen molar-refractivity contribution in [2.45, 2.75) is 19.4 Å². The van der Waals surface area contributed by atoms with Gasteiger partial charge in [0.05, 0.1) is 5.54 Å². The molecule has 0 spiro atoms. The number of aliphatic imine (C=N–C) groups is 1. The van der Waals surface area contributed by atoms with Gasteiger partial charge in [-0.25, -0.2) is 4.79 Å². The minimum Gasteiger partial charge on any atom is -0.457 e. The number of rotatable bonds is 4. The van der Waals surface area contributed by atoms with E-state index in [1.807, 2.05) is 68.4 Å². The van der Waals surface area contributed by atoms with Gasteiger partial charge in [-0.15, -0.1) is 0 Å². The first-order valence-corrected chi connectivity index (χ1v) is 6.04. The number of para-hydroxylation sites is 1. The largest absolute Gasteiger partial charge is 0.457 e. The third-order valence-corrected chi connectivity index (χ3v) is 2.86. The van der Waals surface area contributed by atoms with Gasteiger partial charge in [-0.1, -0.05) is 30.3 Å². The number of hydrogen-bond acceptors (Lipinski definition) is 3. The Balaban J connectivity index is 2.17. The molecule has 3 heteroatoms. The van der Waals surface area contributed by atoms with E-state index in [9.17, 15) is 4.79 Å². The molecule has 2 rings (SSSR count). The summed E-state index contributed by atoms with van der Waals surface area (Å²) in [6, 6.07) is 17.1. The fraction of sp³-hybridized carbons (Fsp3) is 0.188. The zero-order valence-electron chi connectivity index (χ0n) is 11.0. The highest BCUT2D eigenvalue weighted by atomic mass is 16.5. The van der Waals surface area contributed by atoms with Crippen molar-refractivity contribution >= 4 is 6.08 Å². The molecular weight excluding hydrogens is 238 g/mol. The molecule has 0 amide bonds. The molecule has 3 nitrogen and oxygen atoms in total. The van der Waals surface area contributed by atoms with Crippen LogP contribution in [0, 0.1) is 0 Å². The van der Waals surface area contributed by atoms with E-state index in [1.165, 1.54) is 0 Å². The molecule has 0 heterocycles. The summed E-state index contributed by atoms with van der Waals surface area (Å²) in [5, 5.41) is 0. The number of ether oxygens (including phenoxy) is 1. The molecule has 0 N–H and O–H groups in total. The van der Waals surface area contributed by atoms with Crippen LogP contribution >= 0.6 is 0 Å². The average molecular weight is 253 g/mol. The van der Waals surface area contributed by atoms with E-state index in [2.05, 4.69) is 4.99 Å². The molecule has 96 valence electrons. The molecule has 2 aromatic carbocycles. The van der Waals surface area contributed by atoms with E-state index >= 15 is 0 Å². The zero-order valence-corrected chi connectivity index (χ0v) is 11.0. The monoisotopic (exact) mass is 253 g/mol. The Bertz CT molecular complexity index is 582. The van der Waals surface area contributed by atoms with E-state index in [4.69, 9.17) is 4.74 Å². The van der Waals surface area contributed by atoms with Crippen molar-refractivity contribution in [2.24, 2.45) is 4.99 Å². The van der Waals surface area contributed by atoms with Gasteiger partial charge in [0.2, 0.25) is 6.08 Å². The first kappa shape index (κ1) is 13.1. The van der Waals surface area contributed by atoms with Crippen LogP contribution in [-0.2, 0) is 10.3 Å². The quantitative estimate of drug-likeness (QED) is 0.609. The summed E-state index contributed by atoms with van der Waals surface area (Å²) < 4.78 is 5.70. The molecule has 0 aliphatic heterocycles. The second-order valence-electron chi connectivity index (χ2n) is 4.70. The highest BCUT2D eigenvalue weighted by Gasteiger charge is 2.18. The van der Waals surface area contributed by atoms with E-state index in [0.717, 1.165) is 17.1 Å². The Morgan fingerprint density at radius 2 is 1.53 bits per heavy atom. The van der Waals surface area contributed by atoms with Gasteiger partial charge in [0, 0.05) is 0 Å². The average Bonchev–Trinajstić information content (AvgIpc) is 2.40. The van der Waals surface area contributed by atoms with Crippen LogP contribution in [0.25, 0.3) is 0 Å². The van der Waals surface area contributed by atoms with E-state index in [-0.39, 0.29) is 0 Å². The fourth-order valence-electron chi connectivity index (χ4n) is 1.73. The van der Waals surface area contributed by atoms with Crippen molar-refractivity contribution in [1.29, 1.82) is 0 Å². The van der Waals surface area contributed by atoms with Gasteiger partial charge in [-0.2, -0.15) is 4.99 Å². The second-order valence-corrected chi connectivity index (χ2v) is 4.70. The van der Waals surface area contributed by atoms with Crippen molar-refractivity contribution in [1.82, 2.24) is 0 Å². The summed E-state index contributed by atoms with van der Waals surface area (Å²) >= 11 is 0. The number of carbonyl (C=O) groups excluding carboxylic acids is 1. The predicted octanol–water partition coefficient (Wildman–Crippen LogP) is 4.05. The lowest BCUT2D eigenvalue weighted by Gasteiger charge is -2.18. The predicted molar refractivity (Wildman–Crippen MR) is 74.1 cm³/mol. The number of hydrogen-bond donors (Lipinski definition) is 0. The van der Waals surface area contributed by atoms with Crippen molar-refractivity contribution in [3.8, 4) is 11.5 Å². The lowest BCUT2D eigenvalue weighted by molar-refractivity contribution is 0.480. The SMILES string of the molecule is CC(C)(N=C=O)c1ccc(Oc2ccccc2)cc1. The topological polar surface area (TPSA) is 38.7 Å². The van der Waals surface area contributed by atoms with Crippen LogP contribution in [-0.4, -0.2) is 6.08 Å². The summed E-state index contributed by atoms with van der Waals surface area (Å²) in [7, 11) is 0. The summed E-state index contributed by atoms with van der Waals surface area (Å²) in [5.41, 5.74) is 0.379. The van der Waals surface area contributed by atoms with Crippen molar-refractivity contribution < 1.29 is 9.53 Å². The van der Waals surface area contributed by atoms with Gasteiger partial charge < -0.3 is 4.74 Å². The molecule has 0 saturated heterocycles. The normalized spacial score (nSPS) is 10.6. The second kappa shape index (κ2) is 5.51. The highest BCUT2D eigenvalue weighted by Crippen LogP contribution is 2.27. The Labute approximate surface area is 112 Å². The van der Waals surface area contributed by atoms with Gasteiger partial charge in [0.15, 0.2) is 0 Å². The molecule has 0 atom stereocenters. The van der Waals surface area contributed by atoms with Gasteiger partial charge in [0.1, 0.15) is 11.5 Å². The van der Waals surface area contributed by atoms with Gasteiger partial charge >= 0.3 is 0 Å². The lowest BCUT2D eigenvalue weighted by atomic mass is 9.95. The Hall–Kier alpha value is -2.38. The minimum atomic E-state index is -0.562. The van der Waals surface area contributed by atoms with Crippen molar-refractivity contribution in [3.05, 3.63) is 60.2 Å². The van der Waals surface area contributed by atoms with Crippen LogP contribution < -0.4 is 4.74 Å². The number of benzene rings is 2. The lowest BCUT2D eigenvalue weighted by Crippen LogP contribution is -2.12. The third-order valence-electron chi connectivity index (χ3n) is 2.86. The van der Waals surface area contributed by atoms with Crippen molar-refractivity contribution in [2.75, 3.05) is 0 Å². The Kier molecular flexibility index (Phi) is 3.79. The van der Waals surface area contributed by atoms with Crippen LogP contribution in [0.2, 0.25) is 0 Å². The molecule has 0 saturated carbocycles. The van der Waals surface area contributed by atoms with Crippen LogP contribution in [0.4, 0.5) is 0 Å². The first-order chi connectivity index (χ1) is 9.12. The Morgan fingerprint density at radius 1 is 0.947 bits per heavy atom. The summed E-state index contributed by atoms with van der Waals surface area (Å²) in [6.45, 7) is 3.73. The highest BCUT2D eigenvalue weighted by molar-refractivity contribution is 5.39. The molecular formula is C16H15NO2. The van der Waals surface area contributed by atoms with Gasteiger partial charge in [-0.05, 0) is 43.7 Å². The maximum Gasteiger partial charge on any atom is 0.235 e. The molecule has 0 aliphatic rings. The minimum absolute atomic E-state index is 0.562. The fourth-order valence-corrected chi connectivity index (χ4v) is 1.73. The maximum absolute atomic E-state index is 10.4. The van der Waals surface area contributed by atoms with E-state index in [1.54, 1.807) is 6.08 Å². The van der Waals surface area contributed by atoms with E-state index < -0.39 is 5.54 Å².